The summed E-state index contributed by atoms with van der Waals surface area (Å²) in [7, 11) is 1.58. The highest BCUT2D eigenvalue weighted by Gasteiger charge is 2.39. The zero-order chi connectivity index (χ0) is 33.5. The zero-order valence-electron chi connectivity index (χ0n) is 26.5. The molecule has 1 aromatic heterocycles. The van der Waals surface area contributed by atoms with Crippen molar-refractivity contribution in [2.45, 2.75) is 45.8 Å². The van der Waals surface area contributed by atoms with Gasteiger partial charge in [0.25, 0.3) is 5.91 Å². The second-order valence-corrected chi connectivity index (χ2v) is 13.1. The number of nitrogens with one attached hydrogen (secondary N) is 1. The van der Waals surface area contributed by atoms with Crippen molar-refractivity contribution < 1.29 is 28.6 Å². The number of rotatable bonds is 8. The van der Waals surface area contributed by atoms with Crippen molar-refractivity contribution in [3.63, 3.8) is 0 Å². The van der Waals surface area contributed by atoms with Gasteiger partial charge in [0, 0.05) is 57.9 Å². The first-order valence-electron chi connectivity index (χ1n) is 15.2. The van der Waals surface area contributed by atoms with E-state index in [0.717, 1.165) is 11.1 Å². The summed E-state index contributed by atoms with van der Waals surface area (Å²) < 4.78 is 19.4. The molecule has 12 heteroatoms. The van der Waals surface area contributed by atoms with Gasteiger partial charge in [0.05, 0.1) is 37.2 Å². The first kappa shape index (κ1) is 32.6. The fourth-order valence-electron chi connectivity index (χ4n) is 5.93. The number of methoxy groups -OCH3 is 1. The molecule has 3 heterocycles. The van der Waals surface area contributed by atoms with Crippen molar-refractivity contribution >= 4 is 46.5 Å². The molecular formula is C35H34Cl2N4O6. The Morgan fingerprint density at radius 1 is 1.02 bits per heavy atom. The van der Waals surface area contributed by atoms with E-state index in [9.17, 15) is 14.4 Å². The summed E-state index contributed by atoms with van der Waals surface area (Å²) >= 11 is 12.9. The lowest BCUT2D eigenvalue weighted by Crippen LogP contribution is -2.55. The maximum absolute atomic E-state index is 14.2. The Morgan fingerprint density at radius 2 is 1.79 bits per heavy atom. The number of amides is 2. The number of benzene rings is 3. The van der Waals surface area contributed by atoms with Gasteiger partial charge in [0.2, 0.25) is 5.91 Å². The molecule has 1 N–H and O–H groups in total. The molecule has 0 aliphatic carbocycles. The highest BCUT2D eigenvalue weighted by Crippen LogP contribution is 2.47. The van der Waals surface area contributed by atoms with Crippen LogP contribution in [-0.4, -0.2) is 64.7 Å². The summed E-state index contributed by atoms with van der Waals surface area (Å²) in [6.07, 6.45) is 0.271. The van der Waals surface area contributed by atoms with E-state index in [4.69, 9.17) is 42.5 Å². The SMILES string of the molecule is COc1cc2c(cc1-c1cccc(NC(=O)CCC(C)=O)c1)-c1c(c(C(=O)N3CCOCC3(C)C)nn1-c1cc(Cl)cc(Cl)c1)CO2. The van der Waals surface area contributed by atoms with Gasteiger partial charge in [-0.2, -0.15) is 5.10 Å². The third kappa shape index (κ3) is 6.58. The molecule has 47 heavy (non-hydrogen) atoms. The molecule has 3 aromatic carbocycles. The van der Waals surface area contributed by atoms with Gasteiger partial charge in [-0.1, -0.05) is 35.3 Å². The predicted octanol–water partition coefficient (Wildman–Crippen LogP) is 6.97. The zero-order valence-corrected chi connectivity index (χ0v) is 28.0. The van der Waals surface area contributed by atoms with Crippen molar-refractivity contribution in [1.82, 2.24) is 14.7 Å². The van der Waals surface area contributed by atoms with Crippen LogP contribution in [0.4, 0.5) is 5.69 Å². The van der Waals surface area contributed by atoms with Crippen LogP contribution in [0.25, 0.3) is 28.1 Å². The first-order valence-corrected chi connectivity index (χ1v) is 15.9. The number of fused-ring (bicyclic) bond motifs is 3. The van der Waals surface area contributed by atoms with Crippen LogP contribution in [0, 0.1) is 0 Å². The lowest BCUT2D eigenvalue weighted by Gasteiger charge is -2.41. The fourth-order valence-corrected chi connectivity index (χ4v) is 6.45. The van der Waals surface area contributed by atoms with Gasteiger partial charge in [0.15, 0.2) is 5.69 Å². The molecular weight excluding hydrogens is 643 g/mol. The van der Waals surface area contributed by atoms with E-state index in [0.29, 0.717) is 69.5 Å². The number of ether oxygens (including phenoxy) is 3. The van der Waals surface area contributed by atoms with Gasteiger partial charge in [-0.3, -0.25) is 9.59 Å². The molecule has 0 bridgehead atoms. The largest absolute Gasteiger partial charge is 0.496 e. The van der Waals surface area contributed by atoms with Crippen molar-refractivity contribution in [3.05, 3.63) is 75.9 Å². The fraction of sp³-hybridized carbons (Fsp3) is 0.314. The number of nitrogens with zero attached hydrogens (tertiary/aromatic N) is 3. The average Bonchev–Trinajstić information content (AvgIpc) is 3.42. The number of hydrogen-bond acceptors (Lipinski definition) is 7. The number of hydrogen-bond donors (Lipinski definition) is 1. The van der Waals surface area contributed by atoms with E-state index in [1.165, 1.54) is 6.92 Å². The number of carbonyl (C=O) groups is 3. The molecule has 1 fully saturated rings. The summed E-state index contributed by atoms with van der Waals surface area (Å²) in [5.74, 6) is 0.572. The van der Waals surface area contributed by atoms with Crippen molar-refractivity contribution in [3.8, 4) is 39.6 Å². The highest BCUT2D eigenvalue weighted by atomic mass is 35.5. The summed E-state index contributed by atoms with van der Waals surface area (Å²) in [5.41, 5.74) is 4.36. The van der Waals surface area contributed by atoms with E-state index in [2.05, 4.69) is 5.32 Å². The van der Waals surface area contributed by atoms with Gasteiger partial charge < -0.3 is 29.2 Å². The minimum Gasteiger partial charge on any atom is -0.496 e. The van der Waals surface area contributed by atoms with Gasteiger partial charge in [-0.05, 0) is 62.7 Å². The third-order valence-electron chi connectivity index (χ3n) is 8.26. The Kier molecular flexibility index (Phi) is 9.02. The minimum atomic E-state index is -0.536. The van der Waals surface area contributed by atoms with Crippen molar-refractivity contribution in [2.75, 3.05) is 32.2 Å². The monoisotopic (exact) mass is 676 g/mol. The standard InChI is InChI=1S/C35H34Cl2N4O6/c1-20(42)8-9-31(43)38-24-7-5-6-21(12-24)26-16-27-30(17-29(26)45-4)47-18-28-32(34(44)40-10-11-46-19-35(40,2)3)39-41(33(27)28)25-14-22(36)13-23(37)15-25/h5-7,12-17H,8-11,18-19H2,1-4H3,(H,38,43). The number of anilines is 1. The molecule has 0 unspecified atom stereocenters. The molecule has 2 aliphatic rings. The number of halogens is 2. The van der Waals surface area contributed by atoms with Crippen molar-refractivity contribution in [2.24, 2.45) is 0 Å². The normalized spacial score (nSPS) is 14.9. The minimum absolute atomic E-state index is 0.0490. The Balaban J connectivity index is 1.49. The lowest BCUT2D eigenvalue weighted by molar-refractivity contribution is -0.121. The topological polar surface area (TPSA) is 112 Å². The van der Waals surface area contributed by atoms with Crippen LogP contribution in [-0.2, 0) is 20.9 Å². The van der Waals surface area contributed by atoms with E-state index in [-0.39, 0.29) is 42.7 Å². The first-order chi connectivity index (χ1) is 22.4. The lowest BCUT2D eigenvalue weighted by atomic mass is 9.95. The van der Waals surface area contributed by atoms with Gasteiger partial charge in [-0.25, -0.2) is 4.68 Å². The number of aromatic nitrogens is 2. The Bertz CT molecular complexity index is 1880. The smallest absolute Gasteiger partial charge is 0.275 e. The summed E-state index contributed by atoms with van der Waals surface area (Å²) in [5, 5.41) is 8.60. The third-order valence-corrected chi connectivity index (χ3v) is 8.70. The van der Waals surface area contributed by atoms with Crippen LogP contribution in [0.1, 0.15) is 49.7 Å². The number of Topliss-reactive ketones (excluding diaryl/α,β-unsaturated/α-hetero) is 1. The summed E-state index contributed by atoms with van der Waals surface area (Å²) in [6.45, 7) is 6.76. The molecule has 10 nitrogen and oxygen atoms in total. The summed E-state index contributed by atoms with van der Waals surface area (Å²) in [4.78, 5) is 39.8. The molecule has 6 rings (SSSR count). The average molecular weight is 678 g/mol. The van der Waals surface area contributed by atoms with Crippen LogP contribution in [0.5, 0.6) is 11.5 Å². The Hall–Kier alpha value is -4.38. The molecule has 0 spiro atoms. The highest BCUT2D eigenvalue weighted by molar-refractivity contribution is 6.34. The van der Waals surface area contributed by atoms with Crippen molar-refractivity contribution in [1.29, 1.82) is 0 Å². The second kappa shape index (κ2) is 13.0. The van der Waals surface area contributed by atoms with E-state index in [1.807, 2.05) is 38.1 Å². The summed E-state index contributed by atoms with van der Waals surface area (Å²) in [6, 6.07) is 16.2. The molecule has 0 radical (unpaired) electrons. The second-order valence-electron chi connectivity index (χ2n) is 12.2. The van der Waals surface area contributed by atoms with Crippen LogP contribution in [0.3, 0.4) is 0 Å². The number of ketones is 1. The molecule has 2 aliphatic heterocycles. The molecule has 0 saturated carbocycles. The van der Waals surface area contributed by atoms with Crippen LogP contribution in [0.2, 0.25) is 10.0 Å². The van der Waals surface area contributed by atoms with E-state index >= 15 is 0 Å². The van der Waals surface area contributed by atoms with Gasteiger partial charge in [0.1, 0.15) is 23.9 Å². The molecule has 1 saturated heterocycles. The molecule has 4 aromatic rings. The van der Waals surface area contributed by atoms with Gasteiger partial charge >= 0.3 is 0 Å². The Morgan fingerprint density at radius 3 is 2.49 bits per heavy atom. The molecule has 2 amide bonds. The number of carbonyl (C=O) groups excluding carboxylic acids is 3. The van der Waals surface area contributed by atoms with E-state index in [1.54, 1.807) is 47.0 Å². The van der Waals surface area contributed by atoms with E-state index < -0.39 is 5.54 Å². The quantitative estimate of drug-likeness (QED) is 0.214. The molecule has 0 atom stereocenters. The van der Waals surface area contributed by atoms with Crippen LogP contribution >= 0.6 is 23.2 Å². The maximum Gasteiger partial charge on any atom is 0.275 e. The maximum atomic E-state index is 14.2. The predicted molar refractivity (Wildman–Crippen MR) is 180 cm³/mol. The number of morpholine rings is 1. The van der Waals surface area contributed by atoms with Crippen LogP contribution in [0.15, 0.2) is 54.6 Å². The van der Waals surface area contributed by atoms with Crippen LogP contribution < -0.4 is 14.8 Å². The van der Waals surface area contributed by atoms with Gasteiger partial charge in [-0.15, -0.1) is 0 Å². The molecule has 244 valence electrons. The Labute approximate surface area is 282 Å².